The predicted molar refractivity (Wildman–Crippen MR) is 68.7 cm³/mol. The van der Waals surface area contributed by atoms with Crippen LogP contribution in [0.3, 0.4) is 0 Å². The van der Waals surface area contributed by atoms with Gasteiger partial charge in [-0.15, -0.1) is 0 Å². The maximum Gasteiger partial charge on any atom is 0.308 e. The van der Waals surface area contributed by atoms with Crippen molar-refractivity contribution in [2.45, 2.75) is 19.4 Å². The van der Waals surface area contributed by atoms with Crippen LogP contribution in [0.15, 0.2) is 18.2 Å². The van der Waals surface area contributed by atoms with Gasteiger partial charge in [-0.25, -0.2) is 4.39 Å². The van der Waals surface area contributed by atoms with Gasteiger partial charge in [0, 0.05) is 19.5 Å². The van der Waals surface area contributed by atoms with E-state index < -0.39 is 17.7 Å². The number of halogens is 1. The van der Waals surface area contributed by atoms with E-state index in [1.807, 2.05) is 0 Å². The normalized spacial score (nSPS) is 19.0. The number of aliphatic carboxylic acids is 1. The quantitative estimate of drug-likeness (QED) is 0.911. The molecule has 1 N–H and O–H groups in total. The molecule has 1 aromatic rings. The minimum absolute atomic E-state index is 0.0984. The number of carboxylic acid groups (broad SMARTS) is 1. The number of ether oxygens (including phenoxy) is 1. The highest BCUT2D eigenvalue weighted by molar-refractivity contribution is 5.80. The van der Waals surface area contributed by atoms with E-state index in [0.717, 1.165) is 0 Å². The zero-order valence-electron chi connectivity index (χ0n) is 11.1. The molecule has 0 saturated carbocycles. The van der Waals surface area contributed by atoms with Crippen molar-refractivity contribution in [1.29, 1.82) is 0 Å². The van der Waals surface area contributed by atoms with Gasteiger partial charge >= 0.3 is 5.97 Å². The SMILES string of the molecule is COc1ccc(CN2CC(C(=O)O)CCC2=O)cc1F. The Hall–Kier alpha value is -2.11. The van der Waals surface area contributed by atoms with Crippen LogP contribution in [0.1, 0.15) is 18.4 Å². The van der Waals surface area contributed by atoms with Gasteiger partial charge in [-0.05, 0) is 24.1 Å². The van der Waals surface area contributed by atoms with Crippen LogP contribution >= 0.6 is 0 Å². The lowest BCUT2D eigenvalue weighted by Crippen LogP contribution is -2.42. The molecule has 0 bridgehead atoms. The number of nitrogens with zero attached hydrogens (tertiary/aromatic N) is 1. The number of amides is 1. The van der Waals surface area contributed by atoms with Crippen molar-refractivity contribution < 1.29 is 23.8 Å². The van der Waals surface area contributed by atoms with E-state index in [1.165, 1.54) is 24.1 Å². The number of methoxy groups -OCH3 is 1. The third-order valence-corrected chi connectivity index (χ3v) is 3.44. The van der Waals surface area contributed by atoms with Crippen LogP contribution in [0.2, 0.25) is 0 Å². The third-order valence-electron chi connectivity index (χ3n) is 3.44. The van der Waals surface area contributed by atoms with Gasteiger partial charge in [-0.2, -0.15) is 0 Å². The fraction of sp³-hybridized carbons (Fsp3) is 0.429. The van der Waals surface area contributed by atoms with E-state index in [9.17, 15) is 14.0 Å². The summed E-state index contributed by atoms with van der Waals surface area (Å²) in [6.45, 7) is 0.380. The molecule has 1 saturated heterocycles. The molecule has 1 aromatic carbocycles. The van der Waals surface area contributed by atoms with E-state index >= 15 is 0 Å². The summed E-state index contributed by atoms with van der Waals surface area (Å²) in [5, 5.41) is 9.01. The number of rotatable bonds is 4. The summed E-state index contributed by atoms with van der Waals surface area (Å²) in [5.41, 5.74) is 0.614. The first-order chi connectivity index (χ1) is 9.51. The number of hydrogen-bond donors (Lipinski definition) is 1. The molecule has 1 heterocycles. The van der Waals surface area contributed by atoms with Crippen molar-refractivity contribution >= 4 is 11.9 Å². The molecule has 0 spiro atoms. The fourth-order valence-electron chi connectivity index (χ4n) is 2.30. The number of benzene rings is 1. The summed E-state index contributed by atoms with van der Waals surface area (Å²) < 4.78 is 18.4. The standard InChI is InChI=1S/C14H16FNO4/c1-20-12-4-2-9(6-11(12)15)7-16-8-10(14(18)19)3-5-13(16)17/h2,4,6,10H,3,5,7-8H2,1H3,(H,18,19). The van der Waals surface area contributed by atoms with Crippen LogP contribution in [0.4, 0.5) is 4.39 Å². The van der Waals surface area contributed by atoms with Crippen LogP contribution < -0.4 is 4.74 Å². The average molecular weight is 281 g/mol. The van der Waals surface area contributed by atoms with E-state index in [0.29, 0.717) is 12.0 Å². The van der Waals surface area contributed by atoms with Gasteiger partial charge in [0.25, 0.3) is 0 Å². The number of hydrogen-bond acceptors (Lipinski definition) is 3. The molecule has 1 amide bonds. The molecule has 0 radical (unpaired) electrons. The summed E-state index contributed by atoms with van der Waals surface area (Å²) in [6.07, 6.45) is 0.581. The van der Waals surface area contributed by atoms with Gasteiger partial charge in [-0.3, -0.25) is 9.59 Å². The third kappa shape index (κ3) is 3.07. The van der Waals surface area contributed by atoms with E-state index in [-0.39, 0.29) is 31.2 Å². The minimum Gasteiger partial charge on any atom is -0.494 e. The van der Waals surface area contributed by atoms with E-state index in [2.05, 4.69) is 0 Å². The fourth-order valence-corrected chi connectivity index (χ4v) is 2.30. The summed E-state index contributed by atoms with van der Waals surface area (Å²) in [4.78, 5) is 24.2. The van der Waals surface area contributed by atoms with Gasteiger partial charge in [0.15, 0.2) is 11.6 Å². The molecule has 2 rings (SSSR count). The second-order valence-corrected chi connectivity index (χ2v) is 4.82. The summed E-state index contributed by atoms with van der Waals surface area (Å²) in [6, 6.07) is 4.46. The summed E-state index contributed by atoms with van der Waals surface area (Å²) >= 11 is 0. The average Bonchev–Trinajstić information content (AvgIpc) is 2.41. The first-order valence-electron chi connectivity index (χ1n) is 6.34. The Morgan fingerprint density at radius 2 is 2.30 bits per heavy atom. The molecule has 1 unspecified atom stereocenters. The highest BCUT2D eigenvalue weighted by Gasteiger charge is 2.30. The first-order valence-corrected chi connectivity index (χ1v) is 6.34. The Labute approximate surface area is 116 Å². The highest BCUT2D eigenvalue weighted by Crippen LogP contribution is 2.22. The second-order valence-electron chi connectivity index (χ2n) is 4.82. The topological polar surface area (TPSA) is 66.8 Å². The molecule has 20 heavy (non-hydrogen) atoms. The first kappa shape index (κ1) is 14.3. The van der Waals surface area contributed by atoms with Crippen LogP contribution in [0, 0.1) is 11.7 Å². The largest absolute Gasteiger partial charge is 0.494 e. The smallest absolute Gasteiger partial charge is 0.308 e. The Morgan fingerprint density at radius 3 is 2.90 bits per heavy atom. The van der Waals surface area contributed by atoms with E-state index in [4.69, 9.17) is 9.84 Å². The number of carbonyl (C=O) groups excluding carboxylic acids is 1. The monoisotopic (exact) mass is 281 g/mol. The van der Waals surface area contributed by atoms with Gasteiger partial charge < -0.3 is 14.7 Å². The van der Waals surface area contributed by atoms with Crippen LogP contribution in [-0.4, -0.2) is 35.5 Å². The molecule has 1 atom stereocenters. The van der Waals surface area contributed by atoms with Crippen molar-refractivity contribution in [1.82, 2.24) is 4.90 Å². The van der Waals surface area contributed by atoms with Crippen molar-refractivity contribution in [3.8, 4) is 5.75 Å². The number of carbonyl (C=O) groups is 2. The molecule has 5 nitrogen and oxygen atoms in total. The maximum absolute atomic E-state index is 13.6. The Morgan fingerprint density at radius 1 is 1.55 bits per heavy atom. The molecule has 1 fully saturated rings. The van der Waals surface area contributed by atoms with Crippen molar-refractivity contribution in [2.75, 3.05) is 13.7 Å². The molecule has 6 heteroatoms. The van der Waals surface area contributed by atoms with Crippen molar-refractivity contribution in [3.63, 3.8) is 0 Å². The van der Waals surface area contributed by atoms with Gasteiger partial charge in [-0.1, -0.05) is 6.07 Å². The molecule has 1 aliphatic heterocycles. The molecule has 0 aromatic heterocycles. The number of likely N-dealkylation sites (tertiary alicyclic amines) is 1. The molecule has 1 aliphatic rings. The molecular weight excluding hydrogens is 265 g/mol. The maximum atomic E-state index is 13.6. The zero-order valence-corrected chi connectivity index (χ0v) is 11.1. The number of piperidine rings is 1. The Balaban J connectivity index is 2.09. The lowest BCUT2D eigenvalue weighted by atomic mass is 9.97. The van der Waals surface area contributed by atoms with Crippen LogP contribution in [0.25, 0.3) is 0 Å². The Bertz CT molecular complexity index is 532. The predicted octanol–water partition coefficient (Wildman–Crippen LogP) is 1.66. The molecule has 0 aliphatic carbocycles. The zero-order chi connectivity index (χ0) is 14.7. The van der Waals surface area contributed by atoms with Gasteiger partial charge in [0.1, 0.15) is 0 Å². The summed E-state index contributed by atoms with van der Waals surface area (Å²) in [5.74, 6) is -1.90. The second kappa shape index (κ2) is 5.90. The lowest BCUT2D eigenvalue weighted by molar-refractivity contribution is -0.147. The molecule has 108 valence electrons. The van der Waals surface area contributed by atoms with Crippen LogP contribution in [-0.2, 0) is 16.1 Å². The van der Waals surface area contributed by atoms with Crippen molar-refractivity contribution in [2.24, 2.45) is 5.92 Å². The van der Waals surface area contributed by atoms with Crippen molar-refractivity contribution in [3.05, 3.63) is 29.6 Å². The molecular formula is C14H16FNO4. The van der Waals surface area contributed by atoms with Gasteiger partial charge in [0.05, 0.1) is 13.0 Å². The minimum atomic E-state index is -0.900. The van der Waals surface area contributed by atoms with E-state index in [1.54, 1.807) is 6.07 Å². The summed E-state index contributed by atoms with van der Waals surface area (Å²) in [7, 11) is 1.38. The number of carboxylic acids is 1. The van der Waals surface area contributed by atoms with Gasteiger partial charge in [0.2, 0.25) is 5.91 Å². The van der Waals surface area contributed by atoms with Crippen LogP contribution in [0.5, 0.6) is 5.75 Å². The highest BCUT2D eigenvalue weighted by atomic mass is 19.1. The lowest BCUT2D eigenvalue weighted by Gasteiger charge is -2.30. The Kier molecular flexibility index (Phi) is 4.22.